The van der Waals surface area contributed by atoms with E-state index in [2.05, 4.69) is 13.5 Å². The third kappa shape index (κ3) is 4.54. The van der Waals surface area contributed by atoms with Gasteiger partial charge in [-0.15, -0.1) is 0 Å². The lowest BCUT2D eigenvalue weighted by molar-refractivity contribution is 0.0727. The second kappa shape index (κ2) is 9.18. The maximum Gasteiger partial charge on any atom is 0.200 e. The lowest BCUT2D eigenvalue weighted by atomic mass is 9.60. The lowest BCUT2D eigenvalue weighted by Gasteiger charge is -2.45. The summed E-state index contributed by atoms with van der Waals surface area (Å²) in [7, 11) is 0. The van der Waals surface area contributed by atoms with Crippen LogP contribution in [0.1, 0.15) is 82.6 Å². The summed E-state index contributed by atoms with van der Waals surface area (Å²) in [6.45, 7) is 6.14. The lowest BCUT2D eigenvalue weighted by Crippen LogP contribution is -2.34. The second-order valence-corrected chi connectivity index (χ2v) is 10.0. The zero-order valence-corrected chi connectivity index (χ0v) is 17.8. The first-order chi connectivity index (χ1) is 14.1. The Kier molecular flexibility index (Phi) is 6.61. The molecule has 3 heteroatoms. The van der Waals surface area contributed by atoms with E-state index in [1.54, 1.807) is 12.1 Å². The quantitative estimate of drug-likeness (QED) is 0.459. The fraction of sp³-hybridized carbons (Fsp3) is 0.692. The molecule has 0 spiro atoms. The minimum absolute atomic E-state index is 0.0119. The molecule has 0 saturated heterocycles. The Bertz CT molecular complexity index is 707. The van der Waals surface area contributed by atoms with E-state index >= 15 is 0 Å². The van der Waals surface area contributed by atoms with Crippen LogP contribution < -0.4 is 4.74 Å². The first kappa shape index (κ1) is 20.9. The SMILES string of the molecule is C=CCOc1ccc(C2CCC3CC(C4CCC(C)CC4)CCC3C2)c(F)c1F. The highest BCUT2D eigenvalue weighted by atomic mass is 19.2. The number of hydrogen-bond donors (Lipinski definition) is 0. The van der Waals surface area contributed by atoms with E-state index in [0.29, 0.717) is 11.5 Å². The fourth-order valence-corrected chi connectivity index (χ4v) is 6.52. The van der Waals surface area contributed by atoms with Crippen LogP contribution in [-0.2, 0) is 0 Å². The molecule has 3 aliphatic rings. The molecule has 29 heavy (non-hydrogen) atoms. The number of benzene rings is 1. The minimum Gasteiger partial charge on any atom is -0.486 e. The molecule has 0 amide bonds. The molecule has 160 valence electrons. The van der Waals surface area contributed by atoms with Crippen molar-refractivity contribution in [2.75, 3.05) is 6.61 Å². The van der Waals surface area contributed by atoms with E-state index in [4.69, 9.17) is 4.74 Å². The van der Waals surface area contributed by atoms with Gasteiger partial charge < -0.3 is 4.74 Å². The van der Waals surface area contributed by atoms with Crippen LogP contribution >= 0.6 is 0 Å². The Balaban J connectivity index is 1.38. The van der Waals surface area contributed by atoms with Crippen LogP contribution in [-0.4, -0.2) is 6.61 Å². The molecule has 1 nitrogen and oxygen atoms in total. The van der Waals surface area contributed by atoms with E-state index in [9.17, 15) is 8.78 Å². The molecular formula is C26H36F2O. The van der Waals surface area contributed by atoms with Gasteiger partial charge in [-0.25, -0.2) is 4.39 Å². The van der Waals surface area contributed by atoms with Gasteiger partial charge in [-0.2, -0.15) is 4.39 Å². The zero-order valence-electron chi connectivity index (χ0n) is 17.8. The van der Waals surface area contributed by atoms with Crippen LogP contribution in [0.25, 0.3) is 0 Å². The highest BCUT2D eigenvalue weighted by molar-refractivity contribution is 5.33. The molecule has 0 radical (unpaired) electrons. The van der Waals surface area contributed by atoms with E-state index in [1.165, 1.54) is 57.4 Å². The predicted molar refractivity (Wildman–Crippen MR) is 114 cm³/mol. The van der Waals surface area contributed by atoms with E-state index in [1.807, 2.05) is 0 Å². The molecule has 1 aromatic rings. The van der Waals surface area contributed by atoms with Crippen LogP contribution in [0.5, 0.6) is 5.75 Å². The van der Waals surface area contributed by atoms with Crippen LogP contribution in [0.2, 0.25) is 0 Å². The van der Waals surface area contributed by atoms with Crippen LogP contribution in [0.15, 0.2) is 24.8 Å². The Morgan fingerprint density at radius 2 is 1.48 bits per heavy atom. The van der Waals surface area contributed by atoms with E-state index in [-0.39, 0.29) is 18.3 Å². The fourth-order valence-electron chi connectivity index (χ4n) is 6.52. The number of rotatable bonds is 5. The Morgan fingerprint density at radius 3 is 2.21 bits per heavy atom. The first-order valence-electron chi connectivity index (χ1n) is 11.8. The van der Waals surface area contributed by atoms with Gasteiger partial charge >= 0.3 is 0 Å². The molecule has 4 atom stereocenters. The van der Waals surface area contributed by atoms with Crippen LogP contribution in [0, 0.1) is 41.2 Å². The van der Waals surface area contributed by atoms with Crippen molar-refractivity contribution in [2.45, 2.75) is 77.0 Å². The van der Waals surface area contributed by atoms with Crippen LogP contribution in [0.4, 0.5) is 8.78 Å². The maximum atomic E-state index is 14.8. The largest absolute Gasteiger partial charge is 0.486 e. The van der Waals surface area contributed by atoms with Crippen molar-refractivity contribution in [1.82, 2.24) is 0 Å². The summed E-state index contributed by atoms with van der Waals surface area (Å²) in [6.07, 6.45) is 14.4. The number of hydrogen-bond acceptors (Lipinski definition) is 1. The van der Waals surface area contributed by atoms with Crippen molar-refractivity contribution in [3.05, 3.63) is 42.0 Å². The van der Waals surface area contributed by atoms with Gasteiger partial charge in [0.05, 0.1) is 0 Å². The van der Waals surface area contributed by atoms with Gasteiger partial charge in [0.15, 0.2) is 11.6 Å². The van der Waals surface area contributed by atoms with E-state index < -0.39 is 11.6 Å². The molecule has 0 aromatic heterocycles. The molecule has 4 rings (SSSR count). The van der Waals surface area contributed by atoms with Gasteiger partial charge in [-0.05, 0) is 98.5 Å². The summed E-state index contributed by atoms with van der Waals surface area (Å²) >= 11 is 0. The topological polar surface area (TPSA) is 9.23 Å². The summed E-state index contributed by atoms with van der Waals surface area (Å²) in [5.74, 6) is 2.84. The predicted octanol–water partition coefficient (Wildman–Crippen LogP) is 7.66. The molecule has 3 saturated carbocycles. The van der Waals surface area contributed by atoms with Crippen molar-refractivity contribution >= 4 is 0 Å². The summed E-state index contributed by atoms with van der Waals surface area (Å²) in [5, 5.41) is 0. The molecule has 1 aromatic carbocycles. The van der Waals surface area contributed by atoms with Gasteiger partial charge in [0.25, 0.3) is 0 Å². The smallest absolute Gasteiger partial charge is 0.200 e. The third-order valence-corrected chi connectivity index (χ3v) is 8.25. The molecule has 0 N–H and O–H groups in total. The van der Waals surface area contributed by atoms with Gasteiger partial charge in [0.2, 0.25) is 5.82 Å². The summed E-state index contributed by atoms with van der Waals surface area (Å²) in [6, 6.07) is 3.33. The number of halogens is 2. The highest BCUT2D eigenvalue weighted by Crippen LogP contribution is 2.51. The molecule has 4 unspecified atom stereocenters. The van der Waals surface area contributed by atoms with Gasteiger partial charge in [0.1, 0.15) is 6.61 Å². The van der Waals surface area contributed by atoms with Crippen molar-refractivity contribution < 1.29 is 13.5 Å². The number of fused-ring (bicyclic) bond motifs is 1. The molecule has 3 fully saturated rings. The molecular weight excluding hydrogens is 366 g/mol. The minimum atomic E-state index is -0.846. The Labute approximate surface area is 174 Å². The van der Waals surface area contributed by atoms with Gasteiger partial charge in [-0.1, -0.05) is 38.5 Å². The van der Waals surface area contributed by atoms with Crippen molar-refractivity contribution in [2.24, 2.45) is 29.6 Å². The second-order valence-electron chi connectivity index (χ2n) is 10.0. The van der Waals surface area contributed by atoms with Gasteiger partial charge in [-0.3, -0.25) is 0 Å². The zero-order chi connectivity index (χ0) is 20.4. The monoisotopic (exact) mass is 402 g/mol. The van der Waals surface area contributed by atoms with Crippen molar-refractivity contribution in [1.29, 1.82) is 0 Å². The Morgan fingerprint density at radius 1 is 0.862 bits per heavy atom. The third-order valence-electron chi connectivity index (χ3n) is 8.25. The molecule has 3 aliphatic carbocycles. The molecule has 0 bridgehead atoms. The Hall–Kier alpha value is -1.38. The van der Waals surface area contributed by atoms with E-state index in [0.717, 1.165) is 36.5 Å². The summed E-state index contributed by atoms with van der Waals surface area (Å²) in [5.41, 5.74) is 0.551. The van der Waals surface area contributed by atoms with Crippen molar-refractivity contribution in [3.63, 3.8) is 0 Å². The molecule has 0 aliphatic heterocycles. The summed E-state index contributed by atoms with van der Waals surface area (Å²) < 4.78 is 34.4. The maximum absolute atomic E-state index is 14.8. The highest BCUT2D eigenvalue weighted by Gasteiger charge is 2.39. The standard InChI is InChI=1S/C26H36F2O/c1-3-14-29-24-13-12-23(25(27)26(24)28)22-11-10-20-15-19(8-9-21(20)16-22)18-6-4-17(2)5-7-18/h3,12-13,17-22H,1,4-11,14-16H2,2H3. The molecule has 0 heterocycles. The van der Waals surface area contributed by atoms with Crippen molar-refractivity contribution in [3.8, 4) is 5.75 Å². The average Bonchev–Trinajstić information content (AvgIpc) is 2.75. The normalized spacial score (nSPS) is 35.0. The van der Waals surface area contributed by atoms with Gasteiger partial charge in [0, 0.05) is 0 Å². The first-order valence-corrected chi connectivity index (χ1v) is 11.8. The summed E-state index contributed by atoms with van der Waals surface area (Å²) in [4.78, 5) is 0. The number of ether oxygens (including phenoxy) is 1. The average molecular weight is 403 g/mol. The van der Waals surface area contributed by atoms with Crippen LogP contribution in [0.3, 0.4) is 0 Å².